The zero-order valence-corrected chi connectivity index (χ0v) is 15.2. The third-order valence-electron chi connectivity index (χ3n) is 5.40. The lowest BCUT2D eigenvalue weighted by molar-refractivity contribution is -0.424. The minimum Gasteiger partial charge on any atom is -0.327 e. The first kappa shape index (κ1) is 19.6. The second-order valence-electron chi connectivity index (χ2n) is 7.20. The average molecular weight is 372 g/mol. The monoisotopic (exact) mass is 372 g/mol. The van der Waals surface area contributed by atoms with Crippen LogP contribution in [0.4, 0.5) is 13.2 Å². The second kappa shape index (κ2) is 8.72. The number of unbranched alkanes of at least 4 members (excludes halogenated alkanes) is 1. The third-order valence-corrected chi connectivity index (χ3v) is 5.40. The van der Waals surface area contributed by atoms with E-state index in [9.17, 15) is 13.2 Å². The first-order valence-corrected chi connectivity index (χ1v) is 9.62. The Morgan fingerprint density at radius 1 is 1.04 bits per heavy atom. The van der Waals surface area contributed by atoms with E-state index < -0.39 is 23.4 Å². The van der Waals surface area contributed by atoms with Gasteiger partial charge in [-0.3, -0.25) is 0 Å². The van der Waals surface area contributed by atoms with Gasteiger partial charge in [0.2, 0.25) is 0 Å². The summed E-state index contributed by atoms with van der Waals surface area (Å²) in [6.07, 6.45) is 5.85. The number of ether oxygens (including phenoxy) is 3. The van der Waals surface area contributed by atoms with Gasteiger partial charge >= 0.3 is 0 Å². The van der Waals surface area contributed by atoms with Gasteiger partial charge in [0.25, 0.3) is 5.97 Å². The molecule has 0 aromatic heterocycles. The molecule has 0 N–H and O–H groups in total. The molecule has 0 amide bonds. The van der Waals surface area contributed by atoms with E-state index in [-0.39, 0.29) is 11.8 Å². The molecule has 3 rings (SSSR count). The van der Waals surface area contributed by atoms with Crippen LogP contribution in [0.15, 0.2) is 12.1 Å². The quantitative estimate of drug-likeness (QED) is 0.502. The van der Waals surface area contributed by atoms with Crippen molar-refractivity contribution < 1.29 is 27.4 Å². The molecule has 0 bridgehead atoms. The molecule has 1 aromatic carbocycles. The number of hydrogen-bond acceptors (Lipinski definition) is 3. The van der Waals surface area contributed by atoms with E-state index >= 15 is 0 Å². The van der Waals surface area contributed by atoms with Crippen LogP contribution in [0.5, 0.6) is 0 Å². The number of hydrogen-bond donors (Lipinski definition) is 0. The molecule has 1 saturated carbocycles. The molecule has 1 aromatic rings. The first-order valence-electron chi connectivity index (χ1n) is 9.62. The Bertz CT molecular complexity index is 571. The van der Waals surface area contributed by atoms with Gasteiger partial charge < -0.3 is 14.2 Å². The fourth-order valence-corrected chi connectivity index (χ4v) is 3.92. The smallest absolute Gasteiger partial charge is 0.285 e. The standard InChI is InChI=1S/C20H27F3O3/c1-2-3-9-24-20(25-10-4-11-26-20)16-7-5-14(6-8-16)15-12-17(21)19(23)18(22)13-15/h12-14,16H,2-11H2,1H3. The fourth-order valence-electron chi connectivity index (χ4n) is 3.92. The summed E-state index contributed by atoms with van der Waals surface area (Å²) in [5.74, 6) is -4.55. The fraction of sp³-hybridized carbons (Fsp3) is 0.700. The van der Waals surface area contributed by atoms with E-state index in [4.69, 9.17) is 14.2 Å². The topological polar surface area (TPSA) is 27.7 Å². The van der Waals surface area contributed by atoms with E-state index in [0.717, 1.165) is 57.1 Å². The normalized spacial score (nSPS) is 26.0. The Morgan fingerprint density at radius 3 is 2.23 bits per heavy atom. The van der Waals surface area contributed by atoms with Crippen molar-refractivity contribution in [1.29, 1.82) is 0 Å². The molecule has 1 heterocycles. The lowest BCUT2D eigenvalue weighted by Crippen LogP contribution is -2.50. The van der Waals surface area contributed by atoms with Crippen molar-refractivity contribution in [2.75, 3.05) is 19.8 Å². The molecule has 1 saturated heterocycles. The van der Waals surface area contributed by atoms with Gasteiger partial charge in [-0.2, -0.15) is 0 Å². The van der Waals surface area contributed by atoms with Crippen molar-refractivity contribution in [3.8, 4) is 0 Å². The number of benzene rings is 1. The zero-order chi connectivity index (χ0) is 18.6. The van der Waals surface area contributed by atoms with Gasteiger partial charge in [-0.25, -0.2) is 13.2 Å². The molecule has 1 aliphatic carbocycles. The molecule has 2 aliphatic rings. The van der Waals surface area contributed by atoms with E-state index in [0.29, 0.717) is 25.4 Å². The maximum Gasteiger partial charge on any atom is 0.285 e. The van der Waals surface area contributed by atoms with Crippen LogP contribution in [0.2, 0.25) is 0 Å². The van der Waals surface area contributed by atoms with Crippen LogP contribution in [-0.4, -0.2) is 25.8 Å². The highest BCUT2D eigenvalue weighted by Gasteiger charge is 2.46. The van der Waals surface area contributed by atoms with Gasteiger partial charge in [0.05, 0.1) is 19.8 Å². The van der Waals surface area contributed by atoms with Crippen LogP contribution in [0.3, 0.4) is 0 Å². The van der Waals surface area contributed by atoms with Crippen molar-refractivity contribution >= 4 is 0 Å². The van der Waals surface area contributed by atoms with Crippen molar-refractivity contribution in [2.24, 2.45) is 5.92 Å². The summed E-state index contributed by atoms with van der Waals surface area (Å²) in [6, 6.07) is 2.23. The van der Waals surface area contributed by atoms with Crippen LogP contribution >= 0.6 is 0 Å². The predicted octanol–water partition coefficient (Wildman–Crippen LogP) is 5.29. The lowest BCUT2D eigenvalue weighted by Gasteiger charge is -2.44. The van der Waals surface area contributed by atoms with Gasteiger partial charge in [0.15, 0.2) is 17.5 Å². The molecule has 0 unspecified atom stereocenters. The Labute approximate surface area is 152 Å². The summed E-state index contributed by atoms with van der Waals surface area (Å²) in [6.45, 7) is 3.91. The highest BCUT2D eigenvalue weighted by molar-refractivity contribution is 5.23. The van der Waals surface area contributed by atoms with Gasteiger partial charge in [0.1, 0.15) is 0 Å². The van der Waals surface area contributed by atoms with Gasteiger partial charge in [-0.15, -0.1) is 0 Å². The van der Waals surface area contributed by atoms with E-state index in [1.54, 1.807) is 0 Å². The second-order valence-corrected chi connectivity index (χ2v) is 7.20. The summed E-state index contributed by atoms with van der Waals surface area (Å²) >= 11 is 0. The highest BCUT2D eigenvalue weighted by Crippen LogP contribution is 2.44. The number of halogens is 3. The Balaban J connectivity index is 1.66. The van der Waals surface area contributed by atoms with Crippen LogP contribution in [0.25, 0.3) is 0 Å². The lowest BCUT2D eigenvalue weighted by atomic mass is 9.77. The van der Waals surface area contributed by atoms with E-state index in [1.807, 2.05) is 0 Å². The van der Waals surface area contributed by atoms with Gasteiger partial charge in [0, 0.05) is 5.92 Å². The molecule has 0 spiro atoms. The Morgan fingerprint density at radius 2 is 1.65 bits per heavy atom. The minimum absolute atomic E-state index is 0.00660. The molecule has 2 fully saturated rings. The first-order chi connectivity index (χ1) is 12.6. The van der Waals surface area contributed by atoms with E-state index in [2.05, 4.69) is 6.92 Å². The molecule has 0 radical (unpaired) electrons. The molecular weight excluding hydrogens is 345 g/mol. The molecular formula is C20H27F3O3. The molecule has 26 heavy (non-hydrogen) atoms. The van der Waals surface area contributed by atoms with Crippen molar-refractivity contribution in [3.63, 3.8) is 0 Å². The summed E-state index contributed by atoms with van der Waals surface area (Å²) in [7, 11) is 0. The van der Waals surface area contributed by atoms with Crippen LogP contribution in [-0.2, 0) is 14.2 Å². The zero-order valence-electron chi connectivity index (χ0n) is 15.2. The summed E-state index contributed by atoms with van der Waals surface area (Å²) in [4.78, 5) is 0. The van der Waals surface area contributed by atoms with Crippen LogP contribution in [0.1, 0.15) is 63.4 Å². The molecule has 146 valence electrons. The van der Waals surface area contributed by atoms with Crippen molar-refractivity contribution in [2.45, 2.75) is 63.8 Å². The van der Waals surface area contributed by atoms with E-state index in [1.165, 1.54) is 0 Å². The number of rotatable bonds is 6. The highest BCUT2D eigenvalue weighted by atomic mass is 19.2. The van der Waals surface area contributed by atoms with Crippen molar-refractivity contribution in [1.82, 2.24) is 0 Å². The largest absolute Gasteiger partial charge is 0.327 e. The third kappa shape index (κ3) is 4.24. The maximum atomic E-state index is 13.5. The van der Waals surface area contributed by atoms with Crippen LogP contribution < -0.4 is 0 Å². The average Bonchev–Trinajstić information content (AvgIpc) is 2.67. The van der Waals surface area contributed by atoms with Gasteiger partial charge in [-0.1, -0.05) is 13.3 Å². The molecule has 6 heteroatoms. The summed E-state index contributed by atoms with van der Waals surface area (Å²) in [5.41, 5.74) is 0.520. The maximum absolute atomic E-state index is 13.5. The summed E-state index contributed by atoms with van der Waals surface area (Å²) in [5, 5.41) is 0. The Hall–Kier alpha value is -1.11. The Kier molecular flexibility index (Phi) is 6.59. The molecule has 1 aliphatic heterocycles. The van der Waals surface area contributed by atoms with Gasteiger partial charge in [-0.05, 0) is 62.1 Å². The summed E-state index contributed by atoms with van der Waals surface area (Å²) < 4.78 is 58.1. The van der Waals surface area contributed by atoms with Crippen molar-refractivity contribution in [3.05, 3.63) is 35.1 Å². The minimum atomic E-state index is -1.41. The molecule has 0 atom stereocenters. The predicted molar refractivity (Wildman–Crippen MR) is 91.1 cm³/mol. The van der Waals surface area contributed by atoms with Crippen LogP contribution in [0, 0.1) is 23.4 Å². The molecule has 3 nitrogen and oxygen atoms in total. The SMILES string of the molecule is CCCCOC1(C2CCC(c3cc(F)c(F)c(F)c3)CC2)OCCCO1.